The number of hydrogen-bond acceptors (Lipinski definition) is 11. The average Bonchev–Trinajstić information content (AvgIpc) is 2.95. The maximum absolute atomic E-state index is 13.4. The van der Waals surface area contributed by atoms with E-state index in [-0.39, 0.29) is 22.4 Å². The summed E-state index contributed by atoms with van der Waals surface area (Å²) in [6, 6.07) is 9.27. The zero-order valence-corrected chi connectivity index (χ0v) is 29.0. The second kappa shape index (κ2) is 16.2. The Morgan fingerprint density at radius 2 is 1.16 bits per heavy atom. The van der Waals surface area contributed by atoms with Gasteiger partial charge in [-0.05, 0) is 98.7 Å². The van der Waals surface area contributed by atoms with E-state index in [1.165, 1.54) is 48.5 Å². The Morgan fingerprint density at radius 1 is 0.714 bits per heavy atom. The first kappa shape index (κ1) is 39.9. The Morgan fingerprint density at radius 3 is 1.59 bits per heavy atom. The molecule has 2 rings (SSSR count). The number of benzene rings is 2. The van der Waals surface area contributed by atoms with Crippen LogP contribution in [0.4, 0.5) is 14.4 Å². The molecule has 0 bridgehead atoms. The second-order valence-electron chi connectivity index (χ2n) is 13.6. The number of aliphatic carboxylic acids is 1. The maximum Gasteiger partial charge on any atom is 0.436 e. The Bertz CT molecular complexity index is 1530. The molecule has 0 heterocycles. The van der Waals surface area contributed by atoms with Crippen molar-refractivity contribution in [2.75, 3.05) is 13.2 Å². The third-order valence-corrected chi connectivity index (χ3v) is 5.67. The lowest BCUT2D eigenvalue weighted by atomic mass is 10.0. The van der Waals surface area contributed by atoms with Crippen molar-refractivity contribution in [1.29, 1.82) is 0 Å². The zero-order chi connectivity index (χ0) is 37.3. The van der Waals surface area contributed by atoms with E-state index in [1.807, 2.05) is 0 Å². The number of carbonyl (C=O) groups excluding carboxylic acids is 5. The van der Waals surface area contributed by atoms with E-state index in [2.05, 4.69) is 10.3 Å². The van der Waals surface area contributed by atoms with Crippen molar-refractivity contribution in [3.8, 4) is 5.75 Å². The number of aliphatic imine (C=N–C) groups is 1. The van der Waals surface area contributed by atoms with Gasteiger partial charge >= 0.3 is 24.2 Å². The maximum atomic E-state index is 13.4. The molecular weight excluding hydrogens is 642 g/mol. The molecule has 3 N–H and O–H groups in total. The van der Waals surface area contributed by atoms with E-state index in [1.54, 1.807) is 62.3 Å². The number of rotatable bonds is 9. The van der Waals surface area contributed by atoms with E-state index in [0.717, 1.165) is 0 Å². The van der Waals surface area contributed by atoms with Crippen LogP contribution in [0.3, 0.4) is 0 Å². The van der Waals surface area contributed by atoms with E-state index in [0.29, 0.717) is 4.90 Å². The molecule has 0 saturated heterocycles. The van der Waals surface area contributed by atoms with Gasteiger partial charge in [0.05, 0.1) is 6.61 Å². The fourth-order valence-corrected chi connectivity index (χ4v) is 3.75. The summed E-state index contributed by atoms with van der Waals surface area (Å²) >= 11 is 0. The monoisotopic (exact) mass is 685 g/mol. The smallest absolute Gasteiger partial charge is 0.436 e. The summed E-state index contributed by atoms with van der Waals surface area (Å²) < 4.78 is 21.2. The van der Waals surface area contributed by atoms with Gasteiger partial charge < -0.3 is 34.5 Å². The van der Waals surface area contributed by atoms with Gasteiger partial charge in [-0.1, -0.05) is 12.1 Å². The molecule has 4 amide bonds. The van der Waals surface area contributed by atoms with Gasteiger partial charge in [0.2, 0.25) is 0 Å². The number of carbonyl (C=O) groups is 6. The number of Topliss-reactive ketones (excluding diaryl/α,β-unsaturated/α-hetero) is 1. The summed E-state index contributed by atoms with van der Waals surface area (Å²) in [5, 5.41) is 21.1. The number of carboxylic acid groups (broad SMARTS) is 1. The Kier molecular flexibility index (Phi) is 13.2. The van der Waals surface area contributed by atoms with Gasteiger partial charge in [0.25, 0.3) is 5.91 Å². The van der Waals surface area contributed by atoms with Gasteiger partial charge in [-0.25, -0.2) is 19.2 Å². The highest BCUT2D eigenvalue weighted by molar-refractivity contribution is 6.18. The molecule has 0 saturated carbocycles. The summed E-state index contributed by atoms with van der Waals surface area (Å²) in [7, 11) is 0. The number of aliphatic hydroxyl groups excluding tert-OH is 1. The third-order valence-electron chi connectivity index (χ3n) is 5.67. The van der Waals surface area contributed by atoms with Gasteiger partial charge in [-0.3, -0.25) is 9.59 Å². The van der Waals surface area contributed by atoms with Crippen LogP contribution >= 0.6 is 0 Å². The van der Waals surface area contributed by atoms with Crippen LogP contribution in [0.5, 0.6) is 5.75 Å². The predicted octanol–water partition coefficient (Wildman–Crippen LogP) is 4.98. The third kappa shape index (κ3) is 13.4. The van der Waals surface area contributed by atoms with Crippen LogP contribution < -0.4 is 10.1 Å². The number of amides is 4. The number of aliphatic hydroxyl groups is 1. The number of hydrogen-bond donors (Lipinski definition) is 3. The van der Waals surface area contributed by atoms with E-state index >= 15 is 0 Å². The molecule has 0 radical (unpaired) electrons. The van der Waals surface area contributed by atoms with Crippen LogP contribution in [0.15, 0.2) is 53.5 Å². The predicted molar refractivity (Wildman–Crippen MR) is 176 cm³/mol. The van der Waals surface area contributed by atoms with Crippen molar-refractivity contribution in [2.45, 2.75) is 85.2 Å². The van der Waals surface area contributed by atoms with Crippen LogP contribution in [-0.4, -0.2) is 92.9 Å². The number of imide groups is 1. The van der Waals surface area contributed by atoms with Gasteiger partial charge in [-0.15, -0.1) is 0 Å². The number of amidine groups is 1. The van der Waals surface area contributed by atoms with E-state index in [4.69, 9.17) is 24.1 Å². The van der Waals surface area contributed by atoms with Crippen molar-refractivity contribution in [2.24, 2.45) is 4.99 Å². The summed E-state index contributed by atoms with van der Waals surface area (Å²) in [5.74, 6) is -2.87. The molecule has 0 aliphatic heterocycles. The largest absolute Gasteiger partial charge is 0.482 e. The Balaban J connectivity index is 2.45. The normalized spacial score (nSPS) is 12.7. The van der Waals surface area contributed by atoms with Gasteiger partial charge in [0.1, 0.15) is 28.6 Å². The molecule has 2 aromatic rings. The number of carboxylic acids is 1. The summed E-state index contributed by atoms with van der Waals surface area (Å²) in [6.45, 7) is 12.9. The average molecular weight is 686 g/mol. The molecule has 2 aromatic carbocycles. The summed E-state index contributed by atoms with van der Waals surface area (Å²) in [4.78, 5) is 80.8. The Hall–Kier alpha value is -5.31. The minimum Gasteiger partial charge on any atom is -0.482 e. The van der Waals surface area contributed by atoms with Crippen molar-refractivity contribution < 1.29 is 57.9 Å². The Labute approximate surface area is 284 Å². The molecule has 49 heavy (non-hydrogen) atoms. The number of nitrogens with one attached hydrogen (secondary N) is 1. The number of ether oxygens (including phenoxy) is 4. The lowest BCUT2D eigenvalue weighted by molar-refractivity contribution is -0.139. The minimum absolute atomic E-state index is 0.00474. The quantitative estimate of drug-likeness (QED) is 0.138. The number of nitrogens with zero attached hydrogens (tertiary/aromatic N) is 2. The minimum atomic E-state index is -1.35. The highest BCUT2D eigenvalue weighted by Crippen LogP contribution is 2.20. The topological polar surface area (TPSA) is 207 Å². The van der Waals surface area contributed by atoms with Gasteiger partial charge in [-0.2, -0.15) is 9.89 Å². The van der Waals surface area contributed by atoms with Crippen LogP contribution in [0.1, 0.15) is 88.6 Å². The molecule has 266 valence electrons. The fourth-order valence-electron chi connectivity index (χ4n) is 3.75. The van der Waals surface area contributed by atoms with Gasteiger partial charge in [0.15, 0.2) is 18.2 Å². The molecule has 0 aliphatic carbocycles. The van der Waals surface area contributed by atoms with Gasteiger partial charge in [0, 0.05) is 16.7 Å². The SMILES string of the molecule is CC(C)(C)OC(=O)N=C(c1ccc(C(=O)N[C@@H](CO)C(=O)c2ccc(OCC(=O)O)cc2)cc1)N(C(=O)OC(C)(C)C)C(=O)OC(C)(C)C. The molecule has 0 unspecified atom stereocenters. The molecule has 0 fully saturated rings. The molecule has 15 heteroatoms. The van der Waals surface area contributed by atoms with Crippen LogP contribution in [-0.2, 0) is 19.0 Å². The number of ketones is 1. The van der Waals surface area contributed by atoms with Crippen molar-refractivity contribution >= 4 is 41.8 Å². The first-order chi connectivity index (χ1) is 22.5. The van der Waals surface area contributed by atoms with E-state index < -0.39 is 77.8 Å². The fraction of sp³-hybridized carbons (Fsp3) is 0.441. The lowest BCUT2D eigenvalue weighted by Crippen LogP contribution is -2.47. The van der Waals surface area contributed by atoms with Crippen LogP contribution in [0.25, 0.3) is 0 Å². The second-order valence-corrected chi connectivity index (χ2v) is 13.6. The van der Waals surface area contributed by atoms with E-state index in [9.17, 15) is 33.9 Å². The first-order valence-electron chi connectivity index (χ1n) is 15.1. The molecule has 0 aliphatic rings. The van der Waals surface area contributed by atoms with Crippen molar-refractivity contribution in [1.82, 2.24) is 10.2 Å². The van der Waals surface area contributed by atoms with Crippen LogP contribution in [0, 0.1) is 0 Å². The molecule has 0 spiro atoms. The lowest BCUT2D eigenvalue weighted by Gasteiger charge is -2.29. The van der Waals surface area contributed by atoms with Crippen LogP contribution in [0.2, 0.25) is 0 Å². The molecule has 15 nitrogen and oxygen atoms in total. The van der Waals surface area contributed by atoms with Crippen molar-refractivity contribution in [3.63, 3.8) is 0 Å². The summed E-state index contributed by atoms with van der Waals surface area (Å²) in [6.07, 6.45) is -3.53. The molecule has 0 aromatic heterocycles. The highest BCUT2D eigenvalue weighted by atomic mass is 16.6. The standard InChI is InChI=1S/C34H43N3O12/c1-32(2,3)47-29(43)36-27(37(30(44)48-33(4,5)6)31(45)49-34(7,8)9)21-10-12-22(13-11-21)28(42)35-24(18-38)26(41)20-14-16-23(17-15-20)46-19-25(39)40/h10-17,24,38H,18-19H2,1-9H3,(H,35,42)(H,39,40)/t24-/m0/s1. The van der Waals surface area contributed by atoms with Crippen molar-refractivity contribution in [3.05, 3.63) is 65.2 Å². The first-order valence-corrected chi connectivity index (χ1v) is 15.1. The molecule has 1 atom stereocenters. The summed E-state index contributed by atoms with van der Waals surface area (Å²) in [5.41, 5.74) is -2.97. The molecular formula is C34H43N3O12. The highest BCUT2D eigenvalue weighted by Gasteiger charge is 2.37. The zero-order valence-electron chi connectivity index (χ0n) is 29.0.